The first-order valence-electron chi connectivity index (χ1n) is 6.30. The third-order valence-electron chi connectivity index (χ3n) is 2.82. The van der Waals surface area contributed by atoms with Crippen molar-refractivity contribution in [1.29, 1.82) is 0 Å². The summed E-state index contributed by atoms with van der Waals surface area (Å²) >= 11 is 1.77. The van der Waals surface area contributed by atoms with Crippen molar-refractivity contribution >= 4 is 11.3 Å². The summed E-state index contributed by atoms with van der Waals surface area (Å²) in [7, 11) is 3.60. The Labute approximate surface area is 118 Å². The van der Waals surface area contributed by atoms with Crippen molar-refractivity contribution in [3.8, 4) is 11.5 Å². The van der Waals surface area contributed by atoms with E-state index in [1.54, 1.807) is 18.4 Å². The zero-order chi connectivity index (χ0) is 13.5. The Balaban J connectivity index is 1.98. The number of benzene rings is 1. The van der Waals surface area contributed by atoms with Crippen molar-refractivity contribution in [3.05, 3.63) is 46.2 Å². The molecule has 0 fully saturated rings. The van der Waals surface area contributed by atoms with Crippen LogP contribution in [0.25, 0.3) is 0 Å². The first-order chi connectivity index (χ1) is 9.33. The molecule has 0 aliphatic rings. The second-order valence-electron chi connectivity index (χ2n) is 4.18. The molecule has 0 aliphatic carbocycles. The normalized spacial score (nSPS) is 10.4. The highest BCUT2D eigenvalue weighted by molar-refractivity contribution is 7.09. The fourth-order valence-electron chi connectivity index (χ4n) is 1.87. The van der Waals surface area contributed by atoms with Gasteiger partial charge in [-0.25, -0.2) is 0 Å². The van der Waals surface area contributed by atoms with Crippen LogP contribution in [0.5, 0.6) is 11.5 Å². The minimum absolute atomic E-state index is 0.698. The summed E-state index contributed by atoms with van der Waals surface area (Å²) in [4.78, 5) is 1.35. The van der Waals surface area contributed by atoms with Gasteiger partial charge in [-0.15, -0.1) is 11.3 Å². The molecule has 2 aromatic rings. The molecule has 0 radical (unpaired) electrons. The van der Waals surface area contributed by atoms with Gasteiger partial charge in [0.25, 0.3) is 0 Å². The van der Waals surface area contributed by atoms with Gasteiger partial charge in [-0.2, -0.15) is 0 Å². The fraction of sp³-hybridized carbons (Fsp3) is 0.333. The molecule has 19 heavy (non-hydrogen) atoms. The van der Waals surface area contributed by atoms with Gasteiger partial charge in [-0.3, -0.25) is 0 Å². The molecule has 1 N–H and O–H groups in total. The van der Waals surface area contributed by atoms with Crippen molar-refractivity contribution in [2.75, 3.05) is 20.8 Å². The number of hydrogen-bond donors (Lipinski definition) is 1. The highest BCUT2D eigenvalue weighted by Crippen LogP contribution is 2.24. The first kappa shape index (κ1) is 13.9. The van der Waals surface area contributed by atoms with Crippen LogP contribution in [0.4, 0.5) is 0 Å². The van der Waals surface area contributed by atoms with Crippen molar-refractivity contribution in [2.24, 2.45) is 0 Å². The standard InChI is InChI=1S/C15H19NO2S/c1-16-11-12-10-13(17-2)5-6-15(12)18-8-7-14-4-3-9-19-14/h3-6,9-10,16H,7-8,11H2,1-2H3. The van der Waals surface area contributed by atoms with Crippen molar-refractivity contribution in [1.82, 2.24) is 5.32 Å². The van der Waals surface area contributed by atoms with E-state index in [2.05, 4.69) is 22.8 Å². The zero-order valence-electron chi connectivity index (χ0n) is 11.3. The molecule has 0 unspecified atom stereocenters. The molecule has 1 aromatic carbocycles. The molecular formula is C15H19NO2S. The van der Waals surface area contributed by atoms with Crippen LogP contribution in [0.3, 0.4) is 0 Å². The Morgan fingerprint density at radius 1 is 1.26 bits per heavy atom. The summed E-state index contributed by atoms with van der Waals surface area (Å²) in [5.74, 6) is 1.78. The predicted octanol–water partition coefficient (Wildman–Crippen LogP) is 3.10. The number of nitrogens with one attached hydrogen (secondary N) is 1. The van der Waals surface area contributed by atoms with Gasteiger partial charge >= 0.3 is 0 Å². The Kier molecular flexibility index (Phi) is 5.24. The third kappa shape index (κ3) is 3.98. The van der Waals surface area contributed by atoms with Crippen LogP contribution in [0, 0.1) is 0 Å². The van der Waals surface area contributed by atoms with Crippen molar-refractivity contribution < 1.29 is 9.47 Å². The van der Waals surface area contributed by atoms with E-state index in [9.17, 15) is 0 Å². The minimum atomic E-state index is 0.698. The highest BCUT2D eigenvalue weighted by atomic mass is 32.1. The number of rotatable bonds is 7. The molecule has 0 atom stereocenters. The van der Waals surface area contributed by atoms with Crippen LogP contribution in [0.15, 0.2) is 35.7 Å². The number of thiophene rings is 1. The summed E-state index contributed by atoms with van der Waals surface area (Å²) in [6, 6.07) is 10.1. The Bertz CT molecular complexity index is 497. The van der Waals surface area contributed by atoms with Crippen LogP contribution >= 0.6 is 11.3 Å². The van der Waals surface area contributed by atoms with Gasteiger partial charge in [0, 0.05) is 23.4 Å². The molecule has 0 saturated carbocycles. The van der Waals surface area contributed by atoms with E-state index in [1.807, 2.05) is 25.2 Å². The van der Waals surface area contributed by atoms with Gasteiger partial charge in [-0.05, 0) is 36.7 Å². The molecule has 0 aliphatic heterocycles. The topological polar surface area (TPSA) is 30.5 Å². The Morgan fingerprint density at radius 2 is 2.16 bits per heavy atom. The minimum Gasteiger partial charge on any atom is -0.497 e. The number of hydrogen-bond acceptors (Lipinski definition) is 4. The van der Waals surface area contributed by atoms with Crippen LogP contribution in [-0.2, 0) is 13.0 Å². The van der Waals surface area contributed by atoms with E-state index in [-0.39, 0.29) is 0 Å². The van der Waals surface area contributed by atoms with E-state index in [0.29, 0.717) is 6.61 Å². The van der Waals surface area contributed by atoms with Gasteiger partial charge in [0.2, 0.25) is 0 Å². The van der Waals surface area contributed by atoms with Crippen LogP contribution in [-0.4, -0.2) is 20.8 Å². The van der Waals surface area contributed by atoms with Gasteiger partial charge in [0.15, 0.2) is 0 Å². The average Bonchev–Trinajstić information content (AvgIpc) is 2.94. The molecule has 1 heterocycles. The summed E-state index contributed by atoms with van der Waals surface area (Å²) < 4.78 is 11.1. The molecule has 0 spiro atoms. The van der Waals surface area contributed by atoms with Crippen LogP contribution < -0.4 is 14.8 Å². The summed E-state index contributed by atoms with van der Waals surface area (Å²) in [6.45, 7) is 1.47. The second kappa shape index (κ2) is 7.16. The maximum absolute atomic E-state index is 5.87. The fourth-order valence-corrected chi connectivity index (χ4v) is 2.56. The van der Waals surface area contributed by atoms with E-state index in [4.69, 9.17) is 9.47 Å². The first-order valence-corrected chi connectivity index (χ1v) is 7.18. The van der Waals surface area contributed by atoms with E-state index in [0.717, 1.165) is 30.0 Å². The molecule has 0 saturated heterocycles. The van der Waals surface area contributed by atoms with Gasteiger partial charge in [-0.1, -0.05) is 6.07 Å². The van der Waals surface area contributed by atoms with Gasteiger partial charge in [0.05, 0.1) is 13.7 Å². The molecule has 102 valence electrons. The average molecular weight is 277 g/mol. The van der Waals surface area contributed by atoms with Gasteiger partial charge in [0.1, 0.15) is 11.5 Å². The van der Waals surface area contributed by atoms with Gasteiger partial charge < -0.3 is 14.8 Å². The smallest absolute Gasteiger partial charge is 0.124 e. The lowest BCUT2D eigenvalue weighted by Gasteiger charge is -2.12. The summed E-state index contributed by atoms with van der Waals surface area (Å²) in [5, 5.41) is 5.24. The third-order valence-corrected chi connectivity index (χ3v) is 3.76. The lowest BCUT2D eigenvalue weighted by molar-refractivity contribution is 0.318. The van der Waals surface area contributed by atoms with E-state index in [1.165, 1.54) is 4.88 Å². The molecule has 4 heteroatoms. The zero-order valence-corrected chi connectivity index (χ0v) is 12.1. The predicted molar refractivity (Wildman–Crippen MR) is 79.3 cm³/mol. The summed E-state index contributed by atoms with van der Waals surface area (Å²) in [5.41, 5.74) is 1.12. The Hall–Kier alpha value is -1.52. The lowest BCUT2D eigenvalue weighted by Crippen LogP contribution is -2.09. The van der Waals surface area contributed by atoms with Crippen LogP contribution in [0.1, 0.15) is 10.4 Å². The maximum Gasteiger partial charge on any atom is 0.124 e. The molecule has 0 amide bonds. The second-order valence-corrected chi connectivity index (χ2v) is 5.21. The quantitative estimate of drug-likeness (QED) is 0.843. The highest BCUT2D eigenvalue weighted by Gasteiger charge is 2.05. The van der Waals surface area contributed by atoms with Crippen LogP contribution in [0.2, 0.25) is 0 Å². The van der Waals surface area contributed by atoms with Crippen molar-refractivity contribution in [2.45, 2.75) is 13.0 Å². The maximum atomic E-state index is 5.87. The largest absolute Gasteiger partial charge is 0.497 e. The SMILES string of the molecule is CNCc1cc(OC)ccc1OCCc1cccs1. The van der Waals surface area contributed by atoms with E-state index >= 15 is 0 Å². The monoisotopic (exact) mass is 277 g/mol. The molecular weight excluding hydrogens is 258 g/mol. The van der Waals surface area contributed by atoms with E-state index < -0.39 is 0 Å². The molecule has 3 nitrogen and oxygen atoms in total. The van der Waals surface area contributed by atoms with Crippen molar-refractivity contribution in [3.63, 3.8) is 0 Å². The Morgan fingerprint density at radius 3 is 2.84 bits per heavy atom. The number of methoxy groups -OCH3 is 1. The lowest BCUT2D eigenvalue weighted by atomic mass is 10.2. The molecule has 2 rings (SSSR count). The molecule has 0 bridgehead atoms. The number of ether oxygens (including phenoxy) is 2. The molecule has 1 aromatic heterocycles. The summed E-state index contributed by atoms with van der Waals surface area (Å²) in [6.07, 6.45) is 0.947.